The highest BCUT2D eigenvalue weighted by molar-refractivity contribution is 7.89. The minimum absolute atomic E-state index is 0.136. The zero-order valence-electron chi connectivity index (χ0n) is 17.1. The molecule has 1 saturated heterocycles. The molecule has 0 radical (unpaired) electrons. The predicted molar refractivity (Wildman–Crippen MR) is 118 cm³/mol. The van der Waals surface area contributed by atoms with Crippen LogP contribution in [0.25, 0.3) is 10.8 Å². The zero-order valence-corrected chi connectivity index (χ0v) is 17.9. The second-order valence-electron chi connectivity index (χ2n) is 7.35. The van der Waals surface area contributed by atoms with Crippen molar-refractivity contribution in [3.8, 4) is 0 Å². The normalized spacial score (nSPS) is 15.1. The quantitative estimate of drug-likeness (QED) is 0.653. The van der Waals surface area contributed by atoms with Crippen LogP contribution in [0.1, 0.15) is 5.69 Å². The highest BCUT2D eigenvalue weighted by atomic mass is 32.2. The summed E-state index contributed by atoms with van der Waals surface area (Å²) in [4.78, 5) is 25.4. The van der Waals surface area contributed by atoms with Crippen LogP contribution in [-0.4, -0.2) is 49.5 Å². The molecule has 2 heterocycles. The van der Waals surface area contributed by atoms with Gasteiger partial charge in [-0.05, 0) is 48.7 Å². The lowest BCUT2D eigenvalue weighted by Crippen LogP contribution is -2.40. The Balaban J connectivity index is 1.48. The number of nitrogens with one attached hydrogen (secondary N) is 1. The van der Waals surface area contributed by atoms with E-state index >= 15 is 0 Å². The highest BCUT2D eigenvalue weighted by Gasteiger charge is 2.26. The van der Waals surface area contributed by atoms with Crippen LogP contribution in [0.4, 0.5) is 5.69 Å². The maximum absolute atomic E-state index is 12.7. The molecule has 0 aliphatic carbocycles. The molecule has 1 aromatic heterocycles. The largest absolute Gasteiger partial charge is 0.379 e. The number of rotatable bonds is 5. The minimum atomic E-state index is -3.59. The van der Waals surface area contributed by atoms with Gasteiger partial charge in [0, 0.05) is 29.9 Å². The van der Waals surface area contributed by atoms with Gasteiger partial charge in [0.05, 0.1) is 18.1 Å². The number of nitrogens with zero attached hydrogens (tertiary/aromatic N) is 2. The number of fused-ring (bicyclic) bond motifs is 1. The van der Waals surface area contributed by atoms with Crippen molar-refractivity contribution in [1.29, 1.82) is 0 Å². The first kappa shape index (κ1) is 21.2. The van der Waals surface area contributed by atoms with E-state index < -0.39 is 10.0 Å². The van der Waals surface area contributed by atoms with E-state index in [1.54, 1.807) is 31.2 Å². The Morgan fingerprint density at radius 1 is 1.06 bits per heavy atom. The lowest BCUT2D eigenvalue weighted by molar-refractivity contribution is -0.116. The molecule has 0 atom stereocenters. The van der Waals surface area contributed by atoms with E-state index in [1.807, 2.05) is 18.2 Å². The minimum Gasteiger partial charge on any atom is -0.379 e. The average Bonchev–Trinajstić information content (AvgIpc) is 2.77. The number of ether oxygens (including phenoxy) is 1. The first-order valence-corrected chi connectivity index (χ1v) is 11.4. The third-order valence-corrected chi connectivity index (χ3v) is 7.19. The molecule has 2 aromatic carbocycles. The number of hydrogen-bond donors (Lipinski definition) is 1. The van der Waals surface area contributed by atoms with Gasteiger partial charge < -0.3 is 14.6 Å². The van der Waals surface area contributed by atoms with Gasteiger partial charge in [-0.1, -0.05) is 18.2 Å². The average molecular weight is 442 g/mol. The number of benzene rings is 2. The Labute approximate surface area is 180 Å². The van der Waals surface area contributed by atoms with Crippen LogP contribution < -0.4 is 10.9 Å². The van der Waals surface area contributed by atoms with E-state index in [1.165, 1.54) is 21.0 Å². The Hall–Kier alpha value is -3.01. The van der Waals surface area contributed by atoms with E-state index in [9.17, 15) is 18.0 Å². The van der Waals surface area contributed by atoms with Crippen LogP contribution in [-0.2, 0) is 26.1 Å². The van der Waals surface area contributed by atoms with Gasteiger partial charge in [-0.2, -0.15) is 4.31 Å². The maximum Gasteiger partial charge on any atom is 0.259 e. The number of aromatic nitrogens is 1. The summed E-state index contributed by atoms with van der Waals surface area (Å²) in [5, 5.41) is 4.11. The Morgan fingerprint density at radius 2 is 1.74 bits per heavy atom. The van der Waals surface area contributed by atoms with Gasteiger partial charge in [0.1, 0.15) is 6.54 Å². The summed E-state index contributed by atoms with van der Waals surface area (Å²) in [5.41, 5.74) is 0.918. The summed E-state index contributed by atoms with van der Waals surface area (Å²) in [7, 11) is -3.59. The molecule has 8 nitrogen and oxygen atoms in total. The molecule has 9 heteroatoms. The molecule has 1 N–H and O–H groups in total. The van der Waals surface area contributed by atoms with E-state index in [0.29, 0.717) is 43.1 Å². The van der Waals surface area contributed by atoms with Crippen LogP contribution in [0.3, 0.4) is 0 Å². The molecule has 3 aromatic rings. The summed E-state index contributed by atoms with van der Waals surface area (Å²) >= 11 is 0. The van der Waals surface area contributed by atoms with Crippen molar-refractivity contribution in [2.45, 2.75) is 18.4 Å². The lowest BCUT2D eigenvalue weighted by atomic mass is 10.1. The molecular formula is C22H23N3O5S. The topological polar surface area (TPSA) is 97.7 Å². The van der Waals surface area contributed by atoms with Crippen molar-refractivity contribution in [2.75, 3.05) is 31.6 Å². The highest BCUT2D eigenvalue weighted by Crippen LogP contribution is 2.19. The molecule has 162 valence electrons. The number of pyridine rings is 1. The van der Waals surface area contributed by atoms with Gasteiger partial charge in [0.25, 0.3) is 5.56 Å². The van der Waals surface area contributed by atoms with E-state index in [-0.39, 0.29) is 22.9 Å². The SMILES string of the molecule is Cc1cc2ccccc2c(=O)n1CC(=O)Nc1ccc(S(=O)(=O)N2CCOCC2)cc1. The van der Waals surface area contributed by atoms with Crippen LogP contribution >= 0.6 is 0 Å². The van der Waals surface area contributed by atoms with Crippen molar-refractivity contribution in [1.82, 2.24) is 8.87 Å². The molecule has 1 aliphatic rings. The van der Waals surface area contributed by atoms with Gasteiger partial charge in [-0.15, -0.1) is 0 Å². The van der Waals surface area contributed by atoms with Crippen LogP contribution in [0.15, 0.2) is 64.3 Å². The standard InChI is InChI=1S/C22H23N3O5S/c1-16-14-17-4-2-3-5-20(17)22(27)25(16)15-21(26)23-18-6-8-19(9-7-18)31(28,29)24-10-12-30-13-11-24/h2-9,14H,10-13,15H2,1H3,(H,23,26). The Morgan fingerprint density at radius 3 is 2.45 bits per heavy atom. The number of anilines is 1. The summed E-state index contributed by atoms with van der Waals surface area (Å²) in [6, 6.07) is 15.1. The van der Waals surface area contributed by atoms with Gasteiger partial charge in [-0.3, -0.25) is 9.59 Å². The molecule has 1 amide bonds. The van der Waals surface area contributed by atoms with E-state index in [0.717, 1.165) is 5.39 Å². The molecule has 4 rings (SSSR count). The molecule has 0 saturated carbocycles. The van der Waals surface area contributed by atoms with Gasteiger partial charge >= 0.3 is 0 Å². The van der Waals surface area contributed by atoms with Crippen molar-refractivity contribution >= 4 is 32.4 Å². The van der Waals surface area contributed by atoms with Crippen LogP contribution in [0.5, 0.6) is 0 Å². The molecule has 0 bridgehead atoms. The fraction of sp³-hybridized carbons (Fsp3) is 0.273. The van der Waals surface area contributed by atoms with E-state index in [2.05, 4.69) is 5.32 Å². The molecule has 0 unspecified atom stereocenters. The fourth-order valence-electron chi connectivity index (χ4n) is 3.61. The number of carbonyl (C=O) groups excluding carboxylic acids is 1. The Kier molecular flexibility index (Phi) is 5.90. The van der Waals surface area contributed by atoms with Crippen LogP contribution in [0.2, 0.25) is 0 Å². The fourth-order valence-corrected chi connectivity index (χ4v) is 5.02. The molecule has 0 spiro atoms. The molecule has 1 aliphatic heterocycles. The third-order valence-electron chi connectivity index (χ3n) is 5.27. The first-order chi connectivity index (χ1) is 14.9. The number of hydrogen-bond acceptors (Lipinski definition) is 5. The maximum atomic E-state index is 12.7. The number of sulfonamides is 1. The van der Waals surface area contributed by atoms with Crippen LogP contribution in [0, 0.1) is 6.92 Å². The molecule has 1 fully saturated rings. The molecular weight excluding hydrogens is 418 g/mol. The third kappa shape index (κ3) is 4.39. The monoisotopic (exact) mass is 441 g/mol. The second kappa shape index (κ2) is 8.62. The number of aryl methyl sites for hydroxylation is 1. The van der Waals surface area contributed by atoms with Crippen molar-refractivity contribution in [2.24, 2.45) is 0 Å². The van der Waals surface area contributed by atoms with Gasteiger partial charge in [0.2, 0.25) is 15.9 Å². The first-order valence-electron chi connectivity index (χ1n) is 9.93. The van der Waals surface area contributed by atoms with Crippen molar-refractivity contribution < 1.29 is 17.9 Å². The summed E-state index contributed by atoms with van der Waals surface area (Å²) in [6.45, 7) is 3.04. The number of amides is 1. The van der Waals surface area contributed by atoms with Gasteiger partial charge in [0.15, 0.2) is 0 Å². The summed E-state index contributed by atoms with van der Waals surface area (Å²) < 4.78 is 33.4. The number of carbonyl (C=O) groups is 1. The van der Waals surface area contributed by atoms with E-state index in [4.69, 9.17) is 4.74 Å². The summed E-state index contributed by atoms with van der Waals surface area (Å²) in [5.74, 6) is -0.371. The second-order valence-corrected chi connectivity index (χ2v) is 9.29. The number of morpholine rings is 1. The zero-order chi connectivity index (χ0) is 22.0. The predicted octanol–water partition coefficient (Wildman–Crippen LogP) is 1.97. The summed E-state index contributed by atoms with van der Waals surface area (Å²) in [6.07, 6.45) is 0. The lowest BCUT2D eigenvalue weighted by Gasteiger charge is -2.26. The van der Waals surface area contributed by atoms with Crippen molar-refractivity contribution in [3.05, 3.63) is 70.6 Å². The Bertz CT molecular complexity index is 1280. The van der Waals surface area contributed by atoms with Gasteiger partial charge in [-0.25, -0.2) is 8.42 Å². The smallest absolute Gasteiger partial charge is 0.259 e. The molecule has 31 heavy (non-hydrogen) atoms. The van der Waals surface area contributed by atoms with Crippen molar-refractivity contribution in [3.63, 3.8) is 0 Å².